The fourth-order valence-corrected chi connectivity index (χ4v) is 4.40. The lowest BCUT2D eigenvalue weighted by molar-refractivity contribution is -0.127. The van der Waals surface area contributed by atoms with Crippen molar-refractivity contribution in [2.24, 2.45) is 10.9 Å². The molecule has 1 saturated carbocycles. The zero-order chi connectivity index (χ0) is 24.9. The minimum atomic E-state index is -1.25. The summed E-state index contributed by atoms with van der Waals surface area (Å²) < 4.78 is 5.36. The van der Waals surface area contributed by atoms with Crippen LogP contribution in [0, 0.1) is 5.92 Å². The summed E-state index contributed by atoms with van der Waals surface area (Å²) in [5, 5.41) is 2.62. The Hall–Kier alpha value is -4.26. The van der Waals surface area contributed by atoms with Crippen LogP contribution >= 0.6 is 0 Å². The van der Waals surface area contributed by atoms with Crippen molar-refractivity contribution in [3.8, 4) is 0 Å². The Morgan fingerprint density at radius 3 is 2.28 bits per heavy atom. The van der Waals surface area contributed by atoms with Gasteiger partial charge in [-0.25, -0.2) is 9.79 Å². The van der Waals surface area contributed by atoms with Crippen molar-refractivity contribution in [1.29, 1.82) is 0 Å². The van der Waals surface area contributed by atoms with E-state index in [1.165, 1.54) is 4.90 Å². The van der Waals surface area contributed by atoms with Gasteiger partial charge in [-0.3, -0.25) is 14.9 Å². The second-order valence-corrected chi connectivity index (χ2v) is 8.99. The third-order valence-electron chi connectivity index (χ3n) is 6.60. The van der Waals surface area contributed by atoms with Crippen molar-refractivity contribution >= 4 is 29.2 Å². The van der Waals surface area contributed by atoms with E-state index >= 15 is 0 Å². The number of nitrogens with one attached hydrogen (secondary N) is 1. The lowest BCUT2D eigenvalue weighted by atomic mass is 9.82. The summed E-state index contributed by atoms with van der Waals surface area (Å²) in [6, 6.07) is 26.2. The maximum atomic E-state index is 13.8. The van der Waals surface area contributed by atoms with Gasteiger partial charge in [-0.1, -0.05) is 85.3 Å². The van der Waals surface area contributed by atoms with Crippen LogP contribution in [0.5, 0.6) is 0 Å². The minimum Gasteiger partial charge on any atom is -0.445 e. The van der Waals surface area contributed by atoms with Crippen LogP contribution in [0.2, 0.25) is 0 Å². The molecule has 3 aromatic carbocycles. The van der Waals surface area contributed by atoms with Crippen molar-refractivity contribution in [3.05, 3.63) is 102 Å². The molecule has 2 aliphatic rings. The summed E-state index contributed by atoms with van der Waals surface area (Å²) in [6.07, 6.45) is 0.720. The van der Waals surface area contributed by atoms with E-state index in [1.54, 1.807) is 0 Å². The molecule has 0 spiro atoms. The van der Waals surface area contributed by atoms with E-state index in [2.05, 4.69) is 5.32 Å². The molecule has 3 aromatic rings. The fraction of sp³-hybridized carbons (Fsp3) is 0.241. The Balaban J connectivity index is 1.47. The number of fused-ring (bicyclic) bond motifs is 1. The van der Waals surface area contributed by atoms with E-state index in [-0.39, 0.29) is 24.9 Å². The third kappa shape index (κ3) is 5.05. The summed E-state index contributed by atoms with van der Waals surface area (Å²) in [7, 11) is 0. The number of benzodiazepines with no additional fused rings is 1. The van der Waals surface area contributed by atoms with Crippen LogP contribution in [0.25, 0.3) is 0 Å². The second-order valence-electron chi connectivity index (χ2n) is 8.99. The van der Waals surface area contributed by atoms with Crippen LogP contribution in [-0.4, -0.2) is 36.2 Å². The first-order valence-corrected chi connectivity index (χ1v) is 12.1. The molecule has 1 fully saturated rings. The number of hydrogen-bond donors (Lipinski definition) is 1. The van der Waals surface area contributed by atoms with Crippen LogP contribution in [0.3, 0.4) is 0 Å². The van der Waals surface area contributed by atoms with Gasteiger partial charge in [-0.2, -0.15) is 0 Å². The summed E-state index contributed by atoms with van der Waals surface area (Å²) in [5.41, 5.74) is 3.51. The first-order valence-electron chi connectivity index (χ1n) is 12.1. The number of carbonyl (C=O) groups is 3. The predicted molar refractivity (Wildman–Crippen MR) is 137 cm³/mol. The normalized spacial score (nSPS) is 17.3. The van der Waals surface area contributed by atoms with Gasteiger partial charge in [0.1, 0.15) is 6.61 Å². The van der Waals surface area contributed by atoms with Gasteiger partial charge >= 0.3 is 6.09 Å². The molecular formula is C29H27N3O4. The molecule has 5 rings (SSSR count). The van der Waals surface area contributed by atoms with Crippen LogP contribution < -0.4 is 10.2 Å². The number of para-hydroxylation sites is 1. The molecule has 1 heterocycles. The smallest absolute Gasteiger partial charge is 0.409 e. The zero-order valence-electron chi connectivity index (χ0n) is 19.8. The summed E-state index contributed by atoms with van der Waals surface area (Å²) in [6.45, 7) is 0.00227. The number of aliphatic imine (C=N–C) groups is 1. The third-order valence-corrected chi connectivity index (χ3v) is 6.60. The highest BCUT2D eigenvalue weighted by Gasteiger charge is 2.36. The van der Waals surface area contributed by atoms with Crippen molar-refractivity contribution in [2.75, 3.05) is 11.4 Å². The van der Waals surface area contributed by atoms with Gasteiger partial charge in [0.05, 0.1) is 17.9 Å². The maximum absolute atomic E-state index is 13.8. The number of hydrogen-bond acceptors (Lipinski definition) is 5. The second kappa shape index (κ2) is 10.6. The topological polar surface area (TPSA) is 88.1 Å². The molecule has 7 nitrogen and oxygen atoms in total. The standard InChI is InChI=1S/C29H27N3O4/c33-25(21-14-9-15-21)18-32-24-17-8-7-16-23(24)26(22-12-5-2-6-13-22)30-27(28(32)34)31-29(35)36-19-20-10-3-1-4-11-20/h1-8,10-13,16-17,21,27H,9,14-15,18-19H2,(H,31,35). The Morgan fingerprint density at radius 1 is 0.917 bits per heavy atom. The highest BCUT2D eigenvalue weighted by molar-refractivity contribution is 6.21. The highest BCUT2D eigenvalue weighted by Crippen LogP contribution is 2.31. The van der Waals surface area contributed by atoms with Crippen molar-refractivity contribution in [3.63, 3.8) is 0 Å². The van der Waals surface area contributed by atoms with E-state index in [4.69, 9.17) is 9.73 Å². The number of nitrogens with zero attached hydrogens (tertiary/aromatic N) is 2. The van der Waals surface area contributed by atoms with E-state index in [1.807, 2.05) is 84.9 Å². The van der Waals surface area contributed by atoms with Gasteiger partial charge in [0.2, 0.25) is 6.17 Å². The number of anilines is 1. The molecule has 0 aromatic heterocycles. The average Bonchev–Trinajstić information content (AvgIpc) is 2.98. The number of ether oxygens (including phenoxy) is 1. The van der Waals surface area contributed by atoms with Gasteiger partial charge in [0.25, 0.3) is 5.91 Å². The average molecular weight is 482 g/mol. The molecule has 1 N–H and O–H groups in total. The summed E-state index contributed by atoms with van der Waals surface area (Å²) in [5.74, 6) is -0.472. The molecule has 1 unspecified atom stereocenters. The first kappa shape index (κ1) is 23.5. The van der Waals surface area contributed by atoms with E-state index in [9.17, 15) is 14.4 Å². The Bertz CT molecular complexity index is 1290. The molecule has 2 amide bonds. The number of rotatable bonds is 7. The van der Waals surface area contributed by atoms with Crippen molar-refractivity contribution < 1.29 is 19.1 Å². The van der Waals surface area contributed by atoms with E-state index in [0.29, 0.717) is 11.4 Å². The van der Waals surface area contributed by atoms with Crippen LogP contribution in [0.4, 0.5) is 10.5 Å². The Kier molecular flexibility index (Phi) is 6.89. The number of amides is 2. The molecule has 1 aliphatic carbocycles. The lowest BCUT2D eigenvalue weighted by Gasteiger charge is -2.29. The SMILES string of the molecule is O=C(NC1N=C(c2ccccc2)c2ccccc2N(CC(=O)C2CCC2)C1=O)OCc1ccccc1. The molecule has 36 heavy (non-hydrogen) atoms. The van der Waals surface area contributed by atoms with Gasteiger partial charge in [0, 0.05) is 17.0 Å². The van der Waals surface area contributed by atoms with Crippen molar-refractivity contribution in [1.82, 2.24) is 5.32 Å². The number of alkyl carbamates (subject to hydrolysis) is 1. The fourth-order valence-electron chi connectivity index (χ4n) is 4.40. The monoisotopic (exact) mass is 481 g/mol. The molecule has 7 heteroatoms. The predicted octanol–water partition coefficient (Wildman–Crippen LogP) is 4.49. The van der Waals surface area contributed by atoms with Crippen LogP contribution in [-0.2, 0) is 20.9 Å². The largest absolute Gasteiger partial charge is 0.445 e. The molecule has 0 bridgehead atoms. The quantitative estimate of drug-likeness (QED) is 0.539. The Labute approximate surface area is 209 Å². The minimum absolute atomic E-state index is 0.0232. The van der Waals surface area contributed by atoms with Crippen LogP contribution in [0.15, 0.2) is 89.9 Å². The number of carbonyl (C=O) groups excluding carboxylic acids is 3. The molecule has 1 atom stereocenters. The molecular weight excluding hydrogens is 454 g/mol. The van der Waals surface area contributed by atoms with E-state index < -0.39 is 18.2 Å². The maximum Gasteiger partial charge on any atom is 0.409 e. The van der Waals surface area contributed by atoms with Gasteiger partial charge in [-0.15, -0.1) is 0 Å². The molecule has 182 valence electrons. The summed E-state index contributed by atoms with van der Waals surface area (Å²) >= 11 is 0. The summed E-state index contributed by atoms with van der Waals surface area (Å²) in [4.78, 5) is 45.6. The van der Waals surface area contributed by atoms with Crippen molar-refractivity contribution in [2.45, 2.75) is 32.0 Å². The first-order chi connectivity index (χ1) is 17.6. The number of ketones is 1. The Morgan fingerprint density at radius 2 is 1.58 bits per heavy atom. The zero-order valence-corrected chi connectivity index (χ0v) is 19.8. The molecule has 0 radical (unpaired) electrons. The van der Waals surface area contributed by atoms with E-state index in [0.717, 1.165) is 36.0 Å². The van der Waals surface area contributed by atoms with Gasteiger partial charge < -0.3 is 9.64 Å². The van der Waals surface area contributed by atoms with Crippen LogP contribution in [0.1, 0.15) is 36.0 Å². The van der Waals surface area contributed by atoms with Gasteiger partial charge in [-0.05, 0) is 24.5 Å². The molecule has 0 saturated heterocycles. The molecule has 1 aliphatic heterocycles. The lowest BCUT2D eigenvalue weighted by Crippen LogP contribution is -2.49. The highest BCUT2D eigenvalue weighted by atomic mass is 16.5. The number of benzene rings is 3. The van der Waals surface area contributed by atoms with Gasteiger partial charge in [0.15, 0.2) is 5.78 Å². The number of Topliss-reactive ketones (excluding diaryl/α,β-unsaturated/α-hetero) is 1.